The molecule has 2 N–H and O–H groups in total. The number of nitrogens with one attached hydrogen (secondary N) is 2. The molecular formula is C17H22N4O3. The van der Waals surface area contributed by atoms with Crippen LogP contribution in [-0.4, -0.2) is 33.2 Å². The molecule has 1 atom stereocenters. The van der Waals surface area contributed by atoms with Gasteiger partial charge in [0.15, 0.2) is 0 Å². The molecule has 0 radical (unpaired) electrons. The number of ether oxygens (including phenoxy) is 1. The maximum absolute atomic E-state index is 12.8. The molecule has 2 aromatic heterocycles. The second-order valence-corrected chi connectivity index (χ2v) is 7.67. The predicted octanol–water partition coefficient (Wildman–Crippen LogP) is 2.75. The maximum Gasteiger partial charge on any atom is 0.257 e. The number of aryl methyl sites for hydroxylation is 1. The molecule has 1 saturated carbocycles. The van der Waals surface area contributed by atoms with Gasteiger partial charge in [0.25, 0.3) is 5.91 Å². The van der Waals surface area contributed by atoms with Gasteiger partial charge in [-0.2, -0.15) is 0 Å². The summed E-state index contributed by atoms with van der Waals surface area (Å²) < 4.78 is 11.3. The highest BCUT2D eigenvalue weighted by molar-refractivity contribution is 6.10. The molecule has 0 bridgehead atoms. The predicted molar refractivity (Wildman–Crippen MR) is 88.8 cm³/mol. The molecule has 1 amide bonds. The van der Waals surface area contributed by atoms with E-state index in [0.717, 1.165) is 19.3 Å². The van der Waals surface area contributed by atoms with Crippen LogP contribution in [0.25, 0.3) is 11.1 Å². The lowest BCUT2D eigenvalue weighted by atomic mass is 9.97. The first-order chi connectivity index (χ1) is 11.3. The summed E-state index contributed by atoms with van der Waals surface area (Å²) in [5, 5.41) is 6.96. The quantitative estimate of drug-likeness (QED) is 0.896. The van der Waals surface area contributed by atoms with Crippen LogP contribution in [0.2, 0.25) is 0 Å². The number of carbonyl (C=O) groups excluding carboxylic acids is 1. The number of hydrogen-bond donors (Lipinski definition) is 2. The number of amides is 1. The number of anilines is 1. The largest absolute Gasteiger partial charge is 0.442 e. The van der Waals surface area contributed by atoms with Gasteiger partial charge in [-0.1, -0.05) is 0 Å². The van der Waals surface area contributed by atoms with Crippen LogP contribution < -0.4 is 10.6 Å². The summed E-state index contributed by atoms with van der Waals surface area (Å²) in [5.41, 5.74) is 0.767. The van der Waals surface area contributed by atoms with E-state index in [0.29, 0.717) is 28.2 Å². The van der Waals surface area contributed by atoms with Crippen molar-refractivity contribution < 1.29 is 13.9 Å². The molecule has 0 aromatic carbocycles. The first kappa shape index (κ1) is 15.4. The molecule has 7 nitrogen and oxygen atoms in total. The monoisotopic (exact) mass is 330 g/mol. The minimum atomic E-state index is -0.265. The molecule has 1 unspecified atom stereocenters. The summed E-state index contributed by atoms with van der Waals surface area (Å²) in [6.07, 6.45) is 4.15. The topological polar surface area (TPSA) is 89.3 Å². The van der Waals surface area contributed by atoms with Crippen molar-refractivity contribution in [1.82, 2.24) is 15.3 Å². The van der Waals surface area contributed by atoms with E-state index in [9.17, 15) is 4.79 Å². The minimum Gasteiger partial charge on any atom is -0.442 e. The Bertz CT molecular complexity index is 815. The van der Waals surface area contributed by atoms with Crippen molar-refractivity contribution in [3.63, 3.8) is 0 Å². The van der Waals surface area contributed by atoms with Crippen LogP contribution in [0.3, 0.4) is 0 Å². The molecule has 4 rings (SSSR count). The molecule has 1 saturated heterocycles. The average Bonchev–Trinajstić information content (AvgIpc) is 3.06. The van der Waals surface area contributed by atoms with Crippen LogP contribution in [0.15, 0.2) is 10.7 Å². The van der Waals surface area contributed by atoms with Crippen LogP contribution in [0.5, 0.6) is 0 Å². The Labute approximate surface area is 140 Å². The van der Waals surface area contributed by atoms with Crippen molar-refractivity contribution in [3.05, 3.63) is 17.7 Å². The van der Waals surface area contributed by atoms with Gasteiger partial charge in [-0.15, -0.1) is 0 Å². The molecule has 0 spiro atoms. The standard InChI is InChI=1S/C17H22N4O3/c1-9-11(14(22)20-10-7-16(2,3)24-10)12-13(21-17(4)5-6-17)18-8-19-15(12)23-9/h8,10H,5-7H2,1-4H3,(H,20,22)(H,18,19,21). The molecule has 2 aliphatic rings. The smallest absolute Gasteiger partial charge is 0.257 e. The maximum atomic E-state index is 12.8. The normalized spacial score (nSPS) is 23.6. The Morgan fingerprint density at radius 2 is 2.00 bits per heavy atom. The fourth-order valence-corrected chi connectivity index (χ4v) is 3.13. The summed E-state index contributed by atoms with van der Waals surface area (Å²) in [4.78, 5) is 21.2. The van der Waals surface area contributed by atoms with Gasteiger partial charge in [-0.25, -0.2) is 9.97 Å². The van der Waals surface area contributed by atoms with E-state index in [1.165, 1.54) is 6.33 Å². The first-order valence-electron chi connectivity index (χ1n) is 8.27. The lowest BCUT2D eigenvalue weighted by Gasteiger charge is -2.42. The third-order valence-electron chi connectivity index (χ3n) is 4.74. The van der Waals surface area contributed by atoms with E-state index in [1.54, 1.807) is 6.92 Å². The Hall–Kier alpha value is -2.15. The van der Waals surface area contributed by atoms with Crippen LogP contribution in [0, 0.1) is 6.92 Å². The second-order valence-electron chi connectivity index (χ2n) is 7.67. The van der Waals surface area contributed by atoms with Crippen molar-refractivity contribution in [2.24, 2.45) is 0 Å². The summed E-state index contributed by atoms with van der Waals surface area (Å²) in [5.74, 6) is 0.966. The molecule has 24 heavy (non-hydrogen) atoms. The number of carbonyl (C=O) groups is 1. The number of rotatable bonds is 4. The summed E-state index contributed by atoms with van der Waals surface area (Å²) in [6.45, 7) is 7.91. The van der Waals surface area contributed by atoms with Gasteiger partial charge in [0.2, 0.25) is 5.71 Å². The Kier molecular flexibility index (Phi) is 3.16. The fourth-order valence-electron chi connectivity index (χ4n) is 3.13. The Morgan fingerprint density at radius 3 is 2.62 bits per heavy atom. The van der Waals surface area contributed by atoms with Gasteiger partial charge in [-0.05, 0) is 40.5 Å². The third kappa shape index (κ3) is 2.62. The number of aromatic nitrogens is 2. The van der Waals surface area contributed by atoms with E-state index in [2.05, 4.69) is 27.5 Å². The number of nitrogens with zero attached hydrogens (tertiary/aromatic N) is 2. The zero-order chi connectivity index (χ0) is 17.1. The molecular weight excluding hydrogens is 308 g/mol. The SMILES string of the molecule is Cc1oc2ncnc(NC3(C)CC3)c2c1C(=O)NC1CC(C)(C)O1. The van der Waals surface area contributed by atoms with Crippen LogP contribution in [0.1, 0.15) is 56.2 Å². The molecule has 3 heterocycles. The summed E-state index contributed by atoms with van der Waals surface area (Å²) in [6, 6.07) is 0. The number of fused-ring (bicyclic) bond motifs is 1. The van der Waals surface area contributed by atoms with E-state index < -0.39 is 0 Å². The molecule has 2 aromatic rings. The highest BCUT2D eigenvalue weighted by atomic mass is 16.5. The van der Waals surface area contributed by atoms with Crippen molar-refractivity contribution in [2.75, 3.05) is 5.32 Å². The van der Waals surface area contributed by atoms with E-state index >= 15 is 0 Å². The number of hydrogen-bond acceptors (Lipinski definition) is 6. The Morgan fingerprint density at radius 1 is 1.29 bits per heavy atom. The van der Waals surface area contributed by atoms with Gasteiger partial charge < -0.3 is 19.8 Å². The van der Waals surface area contributed by atoms with E-state index in [1.807, 2.05) is 13.8 Å². The van der Waals surface area contributed by atoms with E-state index in [4.69, 9.17) is 9.15 Å². The summed E-state index contributed by atoms with van der Waals surface area (Å²) in [7, 11) is 0. The van der Waals surface area contributed by atoms with Gasteiger partial charge in [-0.3, -0.25) is 4.79 Å². The van der Waals surface area contributed by atoms with Crippen molar-refractivity contribution in [2.45, 2.75) is 64.3 Å². The fraction of sp³-hybridized carbons (Fsp3) is 0.588. The van der Waals surface area contributed by atoms with E-state index in [-0.39, 0.29) is 23.3 Å². The molecule has 2 fully saturated rings. The van der Waals surface area contributed by atoms with Gasteiger partial charge >= 0.3 is 0 Å². The van der Waals surface area contributed by atoms with Crippen molar-refractivity contribution in [1.29, 1.82) is 0 Å². The first-order valence-corrected chi connectivity index (χ1v) is 8.27. The molecule has 128 valence electrons. The van der Waals surface area contributed by atoms with Crippen molar-refractivity contribution >= 4 is 22.8 Å². The second kappa shape index (κ2) is 4.92. The average molecular weight is 330 g/mol. The van der Waals surface area contributed by atoms with Crippen molar-refractivity contribution in [3.8, 4) is 0 Å². The Balaban J connectivity index is 1.66. The highest BCUT2D eigenvalue weighted by Gasteiger charge is 2.40. The zero-order valence-electron chi connectivity index (χ0n) is 14.4. The lowest BCUT2D eigenvalue weighted by Crippen LogP contribution is -2.54. The van der Waals surface area contributed by atoms with Gasteiger partial charge in [0.05, 0.1) is 16.6 Å². The molecule has 1 aliphatic carbocycles. The van der Waals surface area contributed by atoms with Crippen LogP contribution >= 0.6 is 0 Å². The minimum absolute atomic E-state index is 0.0430. The number of furan rings is 1. The molecule has 7 heteroatoms. The zero-order valence-corrected chi connectivity index (χ0v) is 14.4. The lowest BCUT2D eigenvalue weighted by molar-refractivity contribution is -0.191. The highest BCUT2D eigenvalue weighted by Crippen LogP contribution is 2.40. The van der Waals surface area contributed by atoms with Crippen LogP contribution in [-0.2, 0) is 4.74 Å². The van der Waals surface area contributed by atoms with Gasteiger partial charge in [0, 0.05) is 12.0 Å². The third-order valence-corrected chi connectivity index (χ3v) is 4.74. The van der Waals surface area contributed by atoms with Crippen LogP contribution in [0.4, 0.5) is 5.82 Å². The molecule has 1 aliphatic heterocycles. The summed E-state index contributed by atoms with van der Waals surface area (Å²) >= 11 is 0. The van der Waals surface area contributed by atoms with Gasteiger partial charge in [0.1, 0.15) is 24.1 Å².